The summed E-state index contributed by atoms with van der Waals surface area (Å²) in [7, 11) is 0. The fraction of sp³-hybridized carbons (Fsp3) is 0.450. The Hall–Kier alpha value is -4.66. The number of nitrogens with zero attached hydrogens (tertiary/aromatic N) is 1. The molecule has 0 aliphatic carbocycles. The summed E-state index contributed by atoms with van der Waals surface area (Å²) in [6.07, 6.45) is 0.164. The van der Waals surface area contributed by atoms with Crippen molar-refractivity contribution in [2.45, 2.75) is 111 Å². The van der Waals surface area contributed by atoms with Crippen molar-refractivity contribution in [3.05, 3.63) is 107 Å². The van der Waals surface area contributed by atoms with Crippen LogP contribution in [0, 0.1) is 13.8 Å². The Labute approximate surface area is 291 Å². The zero-order valence-corrected chi connectivity index (χ0v) is 30.5. The van der Waals surface area contributed by atoms with Crippen LogP contribution in [0.2, 0.25) is 0 Å². The van der Waals surface area contributed by atoms with Crippen molar-refractivity contribution in [1.29, 1.82) is 0 Å². The van der Waals surface area contributed by atoms with Crippen molar-refractivity contribution in [1.82, 2.24) is 15.5 Å². The Morgan fingerprint density at radius 1 is 0.694 bits per heavy atom. The Morgan fingerprint density at radius 3 is 1.73 bits per heavy atom. The van der Waals surface area contributed by atoms with Crippen LogP contribution in [0.1, 0.15) is 88.7 Å². The highest BCUT2D eigenvalue weighted by molar-refractivity contribution is 5.94. The van der Waals surface area contributed by atoms with Crippen LogP contribution in [0.4, 0.5) is 4.79 Å². The third-order valence-corrected chi connectivity index (χ3v) is 7.81. The van der Waals surface area contributed by atoms with E-state index in [-0.39, 0.29) is 19.4 Å². The summed E-state index contributed by atoms with van der Waals surface area (Å²) >= 11 is 0. The minimum atomic E-state index is -1.12. The average molecular weight is 672 g/mol. The van der Waals surface area contributed by atoms with Gasteiger partial charge < -0.3 is 25.0 Å². The van der Waals surface area contributed by atoms with Gasteiger partial charge in [0, 0.05) is 19.4 Å². The number of benzene rings is 3. The number of rotatable bonds is 13. The number of hydrogen-bond donors (Lipinski definition) is 2. The molecule has 3 aromatic carbocycles. The molecular weight excluding hydrogens is 618 g/mol. The highest BCUT2D eigenvalue weighted by Crippen LogP contribution is 2.28. The quantitative estimate of drug-likeness (QED) is 0.194. The fourth-order valence-electron chi connectivity index (χ4n) is 5.49. The van der Waals surface area contributed by atoms with E-state index in [0.717, 1.165) is 22.3 Å². The van der Waals surface area contributed by atoms with Crippen molar-refractivity contribution >= 4 is 23.9 Å². The summed E-state index contributed by atoms with van der Waals surface area (Å²) in [5.41, 5.74) is 2.50. The first-order valence-electron chi connectivity index (χ1n) is 17.0. The molecule has 3 unspecified atom stereocenters. The lowest BCUT2D eigenvalue weighted by atomic mass is 9.94. The van der Waals surface area contributed by atoms with Gasteiger partial charge in [-0.2, -0.15) is 0 Å². The molecule has 0 saturated heterocycles. The predicted molar refractivity (Wildman–Crippen MR) is 192 cm³/mol. The second-order valence-corrected chi connectivity index (χ2v) is 14.4. The maximum atomic E-state index is 14.7. The van der Waals surface area contributed by atoms with Gasteiger partial charge in [0.2, 0.25) is 11.8 Å². The first-order valence-corrected chi connectivity index (χ1v) is 17.0. The van der Waals surface area contributed by atoms with E-state index < -0.39 is 53.2 Å². The van der Waals surface area contributed by atoms with E-state index in [9.17, 15) is 19.2 Å². The molecule has 3 rings (SSSR count). The molecule has 0 aromatic heterocycles. The van der Waals surface area contributed by atoms with Crippen LogP contribution in [-0.2, 0) is 36.7 Å². The number of carbonyl (C=O) groups is 4. The Kier molecular flexibility index (Phi) is 13.6. The SMILES string of the molecule is CCCN(C(=O)C(Cc1ccccc1)NC(=O)OC(C)(C)C)C(C(=O)NC(Cc1ccccc1)C(=O)OC(C)(C)C)c1cccc(C)c1C. The molecule has 0 heterocycles. The molecule has 264 valence electrons. The summed E-state index contributed by atoms with van der Waals surface area (Å²) in [6.45, 7) is 16.6. The fourth-order valence-corrected chi connectivity index (χ4v) is 5.49. The summed E-state index contributed by atoms with van der Waals surface area (Å²) in [4.78, 5) is 57.6. The summed E-state index contributed by atoms with van der Waals surface area (Å²) in [5.74, 6) is -1.56. The van der Waals surface area contributed by atoms with E-state index in [2.05, 4.69) is 10.6 Å². The van der Waals surface area contributed by atoms with E-state index in [1.165, 1.54) is 4.90 Å². The largest absolute Gasteiger partial charge is 0.458 e. The van der Waals surface area contributed by atoms with E-state index in [0.29, 0.717) is 12.0 Å². The second-order valence-electron chi connectivity index (χ2n) is 14.4. The molecule has 0 bridgehead atoms. The van der Waals surface area contributed by atoms with E-state index >= 15 is 0 Å². The van der Waals surface area contributed by atoms with Gasteiger partial charge in [0.15, 0.2) is 0 Å². The van der Waals surface area contributed by atoms with Crippen LogP contribution in [-0.4, -0.2) is 58.6 Å². The van der Waals surface area contributed by atoms with E-state index in [1.54, 1.807) is 41.5 Å². The lowest BCUT2D eigenvalue weighted by Crippen LogP contribution is -2.55. The van der Waals surface area contributed by atoms with Gasteiger partial charge in [-0.15, -0.1) is 0 Å². The van der Waals surface area contributed by atoms with Crippen molar-refractivity contribution in [2.75, 3.05) is 6.54 Å². The topological polar surface area (TPSA) is 114 Å². The van der Waals surface area contributed by atoms with Crippen LogP contribution in [0.15, 0.2) is 78.9 Å². The normalized spacial score (nSPS) is 13.4. The van der Waals surface area contributed by atoms with Crippen molar-refractivity contribution < 1.29 is 28.7 Å². The molecule has 0 saturated carbocycles. The number of carbonyl (C=O) groups excluding carboxylic acids is 4. The van der Waals surface area contributed by atoms with E-state index in [4.69, 9.17) is 9.47 Å². The first kappa shape index (κ1) is 38.8. The lowest BCUT2D eigenvalue weighted by Gasteiger charge is -2.36. The summed E-state index contributed by atoms with van der Waals surface area (Å²) in [6, 6.07) is 21.2. The summed E-state index contributed by atoms with van der Waals surface area (Å²) in [5, 5.41) is 5.76. The molecule has 2 N–H and O–H groups in total. The standard InChI is InChI=1S/C40H53N3O6/c1-10-24-43(36(45)32(25-29-19-13-11-14-20-29)42-38(47)49-40(7,8)9)34(31-23-17-18-27(2)28(31)3)35(44)41-33(37(46)48-39(4,5)6)26-30-21-15-12-16-22-30/h11-23,32-34H,10,24-26H2,1-9H3,(H,41,44)(H,42,47). The molecule has 0 spiro atoms. The number of nitrogens with one attached hydrogen (secondary N) is 2. The molecule has 3 aromatic rings. The second kappa shape index (κ2) is 17.1. The van der Waals surface area contributed by atoms with Crippen molar-refractivity contribution in [3.8, 4) is 0 Å². The van der Waals surface area contributed by atoms with E-state index in [1.807, 2.05) is 99.6 Å². The molecule has 9 heteroatoms. The minimum absolute atomic E-state index is 0.175. The number of amides is 3. The van der Waals surface area contributed by atoms with Crippen molar-refractivity contribution in [2.24, 2.45) is 0 Å². The number of alkyl carbamates (subject to hydrolysis) is 1. The van der Waals surface area contributed by atoms with Gasteiger partial charge in [0.05, 0.1) is 0 Å². The third kappa shape index (κ3) is 12.1. The summed E-state index contributed by atoms with van der Waals surface area (Å²) < 4.78 is 11.3. The van der Waals surface area contributed by atoms with Gasteiger partial charge in [0.1, 0.15) is 29.3 Å². The Morgan fingerprint density at radius 2 is 1.22 bits per heavy atom. The predicted octanol–water partition coefficient (Wildman–Crippen LogP) is 6.79. The zero-order valence-electron chi connectivity index (χ0n) is 30.5. The molecule has 0 fully saturated rings. The monoisotopic (exact) mass is 671 g/mol. The van der Waals surface area contributed by atoms with Gasteiger partial charge in [-0.25, -0.2) is 9.59 Å². The van der Waals surface area contributed by atoms with Gasteiger partial charge >= 0.3 is 12.1 Å². The maximum Gasteiger partial charge on any atom is 0.408 e. The van der Waals surface area contributed by atoms with Crippen molar-refractivity contribution in [3.63, 3.8) is 0 Å². The first-order chi connectivity index (χ1) is 23.0. The Balaban J connectivity index is 2.11. The third-order valence-electron chi connectivity index (χ3n) is 7.81. The van der Waals surface area contributed by atoms with Gasteiger partial charge in [-0.3, -0.25) is 9.59 Å². The van der Waals surface area contributed by atoms with Crippen LogP contribution in [0.25, 0.3) is 0 Å². The smallest absolute Gasteiger partial charge is 0.408 e. The Bertz CT molecular complexity index is 1560. The van der Waals surface area contributed by atoms with Crippen LogP contribution in [0.5, 0.6) is 0 Å². The molecule has 3 atom stereocenters. The molecule has 0 radical (unpaired) electrons. The molecule has 0 aliphatic rings. The highest BCUT2D eigenvalue weighted by Gasteiger charge is 2.39. The number of aryl methyl sites for hydroxylation is 1. The molecule has 3 amide bonds. The van der Waals surface area contributed by atoms with Crippen LogP contribution in [0.3, 0.4) is 0 Å². The van der Waals surface area contributed by atoms with Gasteiger partial charge in [0.25, 0.3) is 0 Å². The zero-order chi connectivity index (χ0) is 36.4. The molecule has 49 heavy (non-hydrogen) atoms. The molecule has 0 aliphatic heterocycles. The minimum Gasteiger partial charge on any atom is -0.458 e. The van der Waals surface area contributed by atoms with Crippen LogP contribution >= 0.6 is 0 Å². The number of hydrogen-bond acceptors (Lipinski definition) is 6. The van der Waals surface area contributed by atoms with Gasteiger partial charge in [-0.05, 0) is 89.6 Å². The highest BCUT2D eigenvalue weighted by atomic mass is 16.6. The molecule has 9 nitrogen and oxygen atoms in total. The number of ether oxygens (including phenoxy) is 2. The number of esters is 1. The van der Waals surface area contributed by atoms with Crippen LogP contribution < -0.4 is 10.6 Å². The average Bonchev–Trinajstić information content (AvgIpc) is 3.01. The molecular formula is C40H53N3O6. The lowest BCUT2D eigenvalue weighted by molar-refractivity contribution is -0.159. The van der Waals surface area contributed by atoms with Gasteiger partial charge in [-0.1, -0.05) is 85.8 Å². The maximum absolute atomic E-state index is 14.7.